The maximum Gasteiger partial charge on any atom is 0.194 e. The first-order valence-electron chi connectivity index (χ1n) is 5.68. The largest absolute Gasteiger partial charge is 0.481 e. The SMILES string of the molecule is C#CCOc1cc(F)c(-c2[c-]ccc(=O)n2C)c(F)c1.[Y]. The number of ether oxygens (including phenoxy) is 1. The molecule has 2 rings (SSSR count). The summed E-state index contributed by atoms with van der Waals surface area (Å²) in [6, 6.07) is 7.25. The number of halogens is 2. The summed E-state index contributed by atoms with van der Waals surface area (Å²) in [6.07, 6.45) is 5.00. The van der Waals surface area contributed by atoms with Crippen molar-refractivity contribution in [2.45, 2.75) is 0 Å². The van der Waals surface area contributed by atoms with Crippen molar-refractivity contribution in [3.8, 4) is 29.4 Å². The van der Waals surface area contributed by atoms with Crippen molar-refractivity contribution in [1.82, 2.24) is 4.57 Å². The molecule has 0 fully saturated rings. The van der Waals surface area contributed by atoms with Gasteiger partial charge >= 0.3 is 0 Å². The standard InChI is InChI=1S/C15H10F2NO2.Y/c1-3-7-20-10-8-11(16)15(12(17)9-10)13-5-4-6-14(19)18(13)2;/h1,4,6,8-9H,7H2,2H3;/q-1;. The monoisotopic (exact) mass is 363 g/mol. The number of nitrogens with zero attached hydrogens (tertiary/aromatic N) is 1. The summed E-state index contributed by atoms with van der Waals surface area (Å²) in [5, 5.41) is 0. The topological polar surface area (TPSA) is 31.2 Å². The molecule has 105 valence electrons. The Balaban J connectivity index is 0.00000220. The second-order valence-electron chi connectivity index (χ2n) is 3.98. The molecule has 3 nitrogen and oxygen atoms in total. The van der Waals surface area contributed by atoms with E-state index < -0.39 is 11.6 Å². The summed E-state index contributed by atoms with van der Waals surface area (Å²) < 4.78 is 34.1. The zero-order valence-electron chi connectivity index (χ0n) is 11.2. The number of terminal acetylenes is 1. The second kappa shape index (κ2) is 7.49. The van der Waals surface area contributed by atoms with E-state index in [9.17, 15) is 13.6 Å². The molecule has 0 aliphatic heterocycles. The third-order valence-corrected chi connectivity index (χ3v) is 2.69. The Morgan fingerprint density at radius 3 is 2.57 bits per heavy atom. The van der Waals surface area contributed by atoms with Crippen LogP contribution >= 0.6 is 0 Å². The fourth-order valence-electron chi connectivity index (χ4n) is 1.74. The zero-order valence-corrected chi connectivity index (χ0v) is 14.0. The molecule has 0 aliphatic carbocycles. The van der Waals surface area contributed by atoms with Gasteiger partial charge in [0.1, 0.15) is 12.4 Å². The first-order valence-corrected chi connectivity index (χ1v) is 5.68. The molecule has 2 aromatic rings. The average Bonchev–Trinajstić information content (AvgIpc) is 2.40. The molecule has 1 aromatic carbocycles. The van der Waals surface area contributed by atoms with Gasteiger partial charge in [-0.3, -0.25) is 4.79 Å². The smallest absolute Gasteiger partial charge is 0.194 e. The van der Waals surface area contributed by atoms with Gasteiger partial charge in [-0.15, -0.1) is 6.42 Å². The van der Waals surface area contributed by atoms with E-state index in [4.69, 9.17) is 11.2 Å². The van der Waals surface area contributed by atoms with E-state index in [1.807, 2.05) is 0 Å². The van der Waals surface area contributed by atoms with Crippen LogP contribution in [-0.2, 0) is 39.8 Å². The fourth-order valence-corrected chi connectivity index (χ4v) is 1.74. The number of pyridine rings is 1. The first kappa shape index (κ1) is 17.5. The van der Waals surface area contributed by atoms with Crippen LogP contribution in [0.4, 0.5) is 8.78 Å². The minimum atomic E-state index is -0.852. The van der Waals surface area contributed by atoms with Crippen LogP contribution in [0.25, 0.3) is 11.3 Å². The Kier molecular flexibility index (Phi) is 6.26. The summed E-state index contributed by atoms with van der Waals surface area (Å²) in [4.78, 5) is 11.5. The molecule has 1 heterocycles. The molecule has 1 aromatic heterocycles. The molecule has 6 heteroatoms. The Hall–Kier alpha value is -1.51. The molecule has 0 unspecified atom stereocenters. The number of hydrogen-bond donors (Lipinski definition) is 0. The molecule has 21 heavy (non-hydrogen) atoms. The van der Waals surface area contributed by atoms with Gasteiger partial charge in [-0.1, -0.05) is 17.7 Å². The van der Waals surface area contributed by atoms with Gasteiger partial charge in [0.2, 0.25) is 0 Å². The summed E-state index contributed by atoms with van der Waals surface area (Å²) in [6.45, 7) is -0.0891. The van der Waals surface area contributed by atoms with Crippen LogP contribution in [0.15, 0.2) is 29.1 Å². The molecule has 0 saturated heterocycles. The first-order chi connectivity index (χ1) is 9.54. The van der Waals surface area contributed by atoms with E-state index in [1.54, 1.807) is 0 Å². The van der Waals surface area contributed by atoms with Crippen LogP contribution in [0.2, 0.25) is 0 Å². The maximum absolute atomic E-state index is 14.0. The van der Waals surface area contributed by atoms with E-state index in [0.717, 1.165) is 16.7 Å². The van der Waals surface area contributed by atoms with Gasteiger partial charge in [-0.05, 0) is 5.56 Å². The van der Waals surface area contributed by atoms with Crippen LogP contribution in [0.1, 0.15) is 0 Å². The van der Waals surface area contributed by atoms with Crippen LogP contribution < -0.4 is 10.3 Å². The van der Waals surface area contributed by atoms with Gasteiger partial charge in [0.25, 0.3) is 0 Å². The molecule has 0 aliphatic rings. The Morgan fingerprint density at radius 1 is 1.38 bits per heavy atom. The molecule has 0 amide bonds. The molecular formula is C15H10F2NO2Y-. The number of aromatic nitrogens is 1. The normalized spacial score (nSPS) is 9.62. The predicted octanol–water partition coefficient (Wildman–Crippen LogP) is 2.14. The van der Waals surface area contributed by atoms with Gasteiger partial charge in [-0.2, -0.15) is 12.1 Å². The number of benzene rings is 1. The summed E-state index contributed by atoms with van der Waals surface area (Å²) in [5.41, 5.74) is -0.695. The van der Waals surface area contributed by atoms with Crippen molar-refractivity contribution in [2.24, 2.45) is 7.05 Å². The summed E-state index contributed by atoms with van der Waals surface area (Å²) in [5.74, 6) is 0.483. The maximum atomic E-state index is 14.0. The van der Waals surface area contributed by atoms with Crippen molar-refractivity contribution in [2.75, 3.05) is 6.61 Å². The van der Waals surface area contributed by atoms with E-state index in [-0.39, 0.29) is 61.9 Å². The number of hydrogen-bond acceptors (Lipinski definition) is 2. The molecular weight excluding hydrogens is 353 g/mol. The van der Waals surface area contributed by atoms with Crippen molar-refractivity contribution in [1.29, 1.82) is 0 Å². The molecule has 0 N–H and O–H groups in total. The molecule has 0 spiro atoms. The predicted molar refractivity (Wildman–Crippen MR) is 70.2 cm³/mol. The third-order valence-electron chi connectivity index (χ3n) is 2.69. The van der Waals surface area contributed by atoms with E-state index in [2.05, 4.69) is 12.0 Å². The Bertz CT molecular complexity index is 727. The van der Waals surface area contributed by atoms with Crippen LogP contribution in [0.5, 0.6) is 5.75 Å². The fraction of sp³-hybridized carbons (Fsp3) is 0.133. The van der Waals surface area contributed by atoms with E-state index >= 15 is 0 Å². The third kappa shape index (κ3) is 3.78. The van der Waals surface area contributed by atoms with Gasteiger partial charge in [0, 0.05) is 51.9 Å². The molecule has 1 radical (unpaired) electrons. The van der Waals surface area contributed by atoms with Gasteiger partial charge in [0.15, 0.2) is 5.56 Å². The van der Waals surface area contributed by atoms with Crippen molar-refractivity contribution < 1.29 is 46.2 Å². The van der Waals surface area contributed by atoms with Gasteiger partial charge in [-0.25, -0.2) is 8.78 Å². The van der Waals surface area contributed by atoms with Crippen molar-refractivity contribution in [3.05, 3.63) is 52.3 Å². The second-order valence-corrected chi connectivity index (χ2v) is 3.98. The average molecular weight is 363 g/mol. The van der Waals surface area contributed by atoms with Crippen LogP contribution in [0, 0.1) is 30.0 Å². The quantitative estimate of drug-likeness (QED) is 0.618. The molecule has 0 atom stereocenters. The van der Waals surface area contributed by atoms with Crippen LogP contribution in [-0.4, -0.2) is 11.2 Å². The Labute approximate surface area is 145 Å². The van der Waals surface area contributed by atoms with E-state index in [0.29, 0.717) is 0 Å². The van der Waals surface area contributed by atoms with E-state index in [1.165, 1.54) is 19.2 Å². The van der Waals surface area contributed by atoms with Crippen LogP contribution in [0.3, 0.4) is 0 Å². The number of rotatable bonds is 3. The summed E-state index contributed by atoms with van der Waals surface area (Å²) >= 11 is 0. The van der Waals surface area contributed by atoms with Gasteiger partial charge < -0.3 is 9.30 Å². The molecule has 0 bridgehead atoms. The van der Waals surface area contributed by atoms with Crippen molar-refractivity contribution >= 4 is 0 Å². The summed E-state index contributed by atoms with van der Waals surface area (Å²) in [7, 11) is 1.41. The minimum Gasteiger partial charge on any atom is -0.481 e. The van der Waals surface area contributed by atoms with Gasteiger partial charge in [0.05, 0.1) is 11.6 Å². The zero-order chi connectivity index (χ0) is 14.7. The Morgan fingerprint density at radius 2 is 2.00 bits per heavy atom. The molecule has 0 saturated carbocycles. The van der Waals surface area contributed by atoms with Crippen molar-refractivity contribution in [3.63, 3.8) is 0 Å². The minimum absolute atomic E-state index is 0.